The van der Waals surface area contributed by atoms with Crippen LogP contribution in [0.4, 0.5) is 16.0 Å². The number of piperazine rings is 1. The van der Waals surface area contributed by atoms with E-state index in [4.69, 9.17) is 0 Å². The Morgan fingerprint density at radius 3 is 2.63 bits per heavy atom. The van der Waals surface area contributed by atoms with E-state index in [0.29, 0.717) is 54.7 Å². The van der Waals surface area contributed by atoms with Crippen LogP contribution in [0.3, 0.4) is 0 Å². The summed E-state index contributed by atoms with van der Waals surface area (Å²) in [7, 11) is 0. The van der Waals surface area contributed by atoms with E-state index in [1.165, 1.54) is 0 Å². The van der Waals surface area contributed by atoms with Crippen molar-refractivity contribution in [1.29, 1.82) is 0 Å². The number of hydrogen-bond acceptors (Lipinski definition) is 6. The molecule has 2 heterocycles. The van der Waals surface area contributed by atoms with Crippen molar-refractivity contribution in [2.24, 2.45) is 17.8 Å². The van der Waals surface area contributed by atoms with E-state index in [-0.39, 0.29) is 23.8 Å². The smallest absolute Gasteiger partial charge is 0.270 e. The Bertz CT molecular complexity index is 1130. The van der Waals surface area contributed by atoms with E-state index >= 15 is 0 Å². The van der Waals surface area contributed by atoms with Gasteiger partial charge in [0.2, 0.25) is 5.95 Å². The maximum Gasteiger partial charge on any atom is 0.270 e. The van der Waals surface area contributed by atoms with Gasteiger partial charge in [0.15, 0.2) is 0 Å². The van der Waals surface area contributed by atoms with E-state index in [9.17, 15) is 14.3 Å². The van der Waals surface area contributed by atoms with Crippen LogP contribution >= 0.6 is 0 Å². The van der Waals surface area contributed by atoms with Gasteiger partial charge in [-0.25, -0.2) is 14.4 Å². The topological polar surface area (TPSA) is 81.6 Å². The number of benzene rings is 1. The Morgan fingerprint density at radius 1 is 1.17 bits per heavy atom. The number of nitrogens with zero attached hydrogens (tertiary/aromatic N) is 4. The summed E-state index contributed by atoms with van der Waals surface area (Å²) in [6.45, 7) is 5.91. The lowest BCUT2D eigenvalue weighted by atomic mass is 9.52. The molecule has 1 aliphatic heterocycles. The minimum absolute atomic E-state index is 0.0629. The van der Waals surface area contributed by atoms with E-state index in [2.05, 4.69) is 32.0 Å². The van der Waals surface area contributed by atoms with Gasteiger partial charge in [-0.05, 0) is 87.5 Å². The maximum absolute atomic E-state index is 14.5. The number of nitrogens with one attached hydrogen (secondary N) is 1. The van der Waals surface area contributed by atoms with Gasteiger partial charge in [-0.15, -0.1) is 0 Å². The summed E-state index contributed by atoms with van der Waals surface area (Å²) in [5.41, 5.74) is 1.39. The fourth-order valence-electron chi connectivity index (χ4n) is 7.40. The first kappa shape index (κ1) is 22.7. The lowest BCUT2D eigenvalue weighted by Crippen LogP contribution is -2.61. The summed E-state index contributed by atoms with van der Waals surface area (Å²) in [4.78, 5) is 26.5. The molecular formula is C27H34FN5O2. The van der Waals surface area contributed by atoms with Gasteiger partial charge in [0.05, 0.1) is 11.3 Å². The number of amides is 1. The third-order valence-electron chi connectivity index (χ3n) is 8.74. The molecule has 4 bridgehead atoms. The summed E-state index contributed by atoms with van der Waals surface area (Å²) in [6.07, 6.45) is 6.37. The van der Waals surface area contributed by atoms with Crippen molar-refractivity contribution in [2.75, 3.05) is 29.4 Å². The van der Waals surface area contributed by atoms with Gasteiger partial charge in [-0.3, -0.25) is 4.79 Å². The van der Waals surface area contributed by atoms with Crippen LogP contribution in [-0.2, 0) is 0 Å². The van der Waals surface area contributed by atoms with E-state index in [1.807, 2.05) is 19.1 Å². The fraction of sp³-hybridized carbons (Fsp3) is 0.593. The summed E-state index contributed by atoms with van der Waals surface area (Å²) in [6, 6.07) is 7.20. The molecule has 0 spiro atoms. The number of rotatable bonds is 4. The first-order valence-electron chi connectivity index (χ1n) is 12.9. The first-order chi connectivity index (χ1) is 16.8. The van der Waals surface area contributed by atoms with E-state index in [1.54, 1.807) is 18.3 Å². The Hall–Kier alpha value is -2.74. The molecule has 4 saturated carbocycles. The minimum Gasteiger partial charge on any atom is -0.390 e. The standard InChI is InChI=1S/C27H34FN5O2/c1-16-3-4-23(21(28)9-16)32-7-8-33(17(2)15-32)26-29-6-5-22(30-26)25(34)31-24-19-10-18-11-20(24)14-27(35,12-18)13-19/h3-6,9,17-20,24,35H,7-8,10-15H2,1-2H3,(H,31,34)/t17-,18?,19?,20?,24-,27-/m1/s1. The van der Waals surface area contributed by atoms with Crippen LogP contribution in [0.25, 0.3) is 0 Å². The number of aliphatic hydroxyl groups is 1. The fourth-order valence-corrected chi connectivity index (χ4v) is 7.40. The summed E-state index contributed by atoms with van der Waals surface area (Å²) in [5.74, 6) is 1.49. The molecule has 3 atom stereocenters. The first-order valence-corrected chi connectivity index (χ1v) is 12.9. The zero-order chi connectivity index (χ0) is 24.3. The van der Waals surface area contributed by atoms with Crippen LogP contribution in [0.2, 0.25) is 0 Å². The number of carbonyl (C=O) groups excluding carboxylic acids is 1. The molecule has 7 rings (SSSR count). The Labute approximate surface area is 205 Å². The van der Waals surface area contributed by atoms with Crippen molar-refractivity contribution in [3.8, 4) is 0 Å². The van der Waals surface area contributed by atoms with Crippen molar-refractivity contribution in [3.63, 3.8) is 0 Å². The number of aryl methyl sites for hydroxylation is 1. The molecular weight excluding hydrogens is 445 g/mol. The number of anilines is 2. The lowest BCUT2D eigenvalue weighted by Gasteiger charge is -2.58. The Kier molecular flexibility index (Phi) is 5.47. The Morgan fingerprint density at radius 2 is 1.94 bits per heavy atom. The predicted molar refractivity (Wildman–Crippen MR) is 132 cm³/mol. The van der Waals surface area contributed by atoms with Gasteiger partial charge in [-0.2, -0.15) is 0 Å². The van der Waals surface area contributed by atoms with Crippen LogP contribution in [-0.4, -0.2) is 58.3 Å². The van der Waals surface area contributed by atoms with Gasteiger partial charge < -0.3 is 20.2 Å². The summed E-state index contributed by atoms with van der Waals surface area (Å²) < 4.78 is 14.5. The predicted octanol–water partition coefficient (Wildman–Crippen LogP) is 3.31. The van der Waals surface area contributed by atoms with Crippen molar-refractivity contribution < 1.29 is 14.3 Å². The van der Waals surface area contributed by atoms with Crippen LogP contribution in [0.1, 0.15) is 55.1 Å². The molecule has 0 radical (unpaired) electrons. The minimum atomic E-state index is -0.514. The molecule has 186 valence electrons. The third kappa shape index (κ3) is 4.15. The van der Waals surface area contributed by atoms with Crippen LogP contribution in [0, 0.1) is 30.5 Å². The Balaban J connectivity index is 1.13. The van der Waals surface area contributed by atoms with Gasteiger partial charge in [0.1, 0.15) is 11.5 Å². The van der Waals surface area contributed by atoms with Gasteiger partial charge in [-0.1, -0.05) is 6.07 Å². The quantitative estimate of drug-likeness (QED) is 0.700. The number of hydrogen-bond donors (Lipinski definition) is 2. The molecule has 35 heavy (non-hydrogen) atoms. The third-order valence-corrected chi connectivity index (χ3v) is 8.74. The highest BCUT2D eigenvalue weighted by Crippen LogP contribution is 2.55. The SMILES string of the molecule is Cc1ccc(N2CCN(c3nccc(C(=O)N[C@H]4C5CC6CC4C[C@](O)(C6)C5)n3)[C@H](C)C2)c(F)c1. The van der Waals surface area contributed by atoms with Gasteiger partial charge in [0.25, 0.3) is 5.91 Å². The normalized spacial score (nSPS) is 33.8. The highest BCUT2D eigenvalue weighted by molar-refractivity contribution is 5.92. The van der Waals surface area contributed by atoms with Crippen molar-refractivity contribution >= 4 is 17.5 Å². The zero-order valence-corrected chi connectivity index (χ0v) is 20.5. The van der Waals surface area contributed by atoms with Crippen LogP contribution in [0.5, 0.6) is 0 Å². The second-order valence-corrected chi connectivity index (χ2v) is 11.4. The number of aromatic nitrogens is 2. The molecule has 5 aliphatic rings. The van der Waals surface area contributed by atoms with Crippen molar-refractivity contribution in [1.82, 2.24) is 15.3 Å². The number of halogens is 1. The maximum atomic E-state index is 14.5. The average molecular weight is 480 g/mol. The second kappa shape index (κ2) is 8.43. The number of carbonyl (C=O) groups is 1. The molecule has 4 aliphatic carbocycles. The lowest BCUT2D eigenvalue weighted by molar-refractivity contribution is -0.136. The molecule has 2 aromatic rings. The molecule has 5 fully saturated rings. The molecule has 1 aromatic heterocycles. The molecule has 1 aromatic carbocycles. The van der Waals surface area contributed by atoms with Gasteiger partial charge in [0, 0.05) is 37.9 Å². The molecule has 8 heteroatoms. The summed E-state index contributed by atoms with van der Waals surface area (Å²) >= 11 is 0. The highest BCUT2D eigenvalue weighted by Gasteiger charge is 2.55. The molecule has 2 unspecified atom stereocenters. The van der Waals surface area contributed by atoms with Crippen molar-refractivity contribution in [3.05, 3.63) is 47.5 Å². The largest absolute Gasteiger partial charge is 0.390 e. The summed E-state index contributed by atoms with van der Waals surface area (Å²) in [5, 5.41) is 14.1. The van der Waals surface area contributed by atoms with Crippen molar-refractivity contribution in [2.45, 2.75) is 63.6 Å². The second-order valence-electron chi connectivity index (χ2n) is 11.4. The molecule has 7 nitrogen and oxygen atoms in total. The zero-order valence-electron chi connectivity index (χ0n) is 20.5. The van der Waals surface area contributed by atoms with E-state index < -0.39 is 5.60 Å². The van der Waals surface area contributed by atoms with E-state index in [0.717, 1.165) is 37.7 Å². The molecule has 1 saturated heterocycles. The molecule has 2 N–H and O–H groups in total. The molecule has 1 amide bonds. The van der Waals surface area contributed by atoms with Crippen LogP contribution in [0.15, 0.2) is 30.5 Å². The highest BCUT2D eigenvalue weighted by atomic mass is 19.1. The monoisotopic (exact) mass is 479 g/mol. The average Bonchev–Trinajstić information content (AvgIpc) is 2.80. The van der Waals surface area contributed by atoms with Gasteiger partial charge >= 0.3 is 0 Å². The van der Waals surface area contributed by atoms with Crippen LogP contribution < -0.4 is 15.1 Å².